The van der Waals surface area contributed by atoms with Crippen LogP contribution in [0.2, 0.25) is 0 Å². The Balaban J connectivity index is 2.12. The monoisotopic (exact) mass is 127 g/mol. The van der Waals surface area contributed by atoms with Crippen molar-refractivity contribution >= 4 is 0 Å². The van der Waals surface area contributed by atoms with Gasteiger partial charge in [0.1, 0.15) is 0 Å². The van der Waals surface area contributed by atoms with Gasteiger partial charge in [-0.3, -0.25) is 0 Å². The SMILES string of the molecule is CC1CCCCNCC1. The van der Waals surface area contributed by atoms with E-state index in [1.54, 1.807) is 0 Å². The molecule has 9 heavy (non-hydrogen) atoms. The van der Waals surface area contributed by atoms with Crippen LogP contribution in [0.3, 0.4) is 0 Å². The summed E-state index contributed by atoms with van der Waals surface area (Å²) in [5.74, 6) is 0.956. The van der Waals surface area contributed by atoms with E-state index in [-0.39, 0.29) is 0 Å². The van der Waals surface area contributed by atoms with Crippen LogP contribution >= 0.6 is 0 Å². The maximum atomic E-state index is 3.42. The molecule has 0 amide bonds. The molecule has 0 aromatic carbocycles. The molecule has 1 rings (SSSR count). The normalized spacial score (nSPS) is 31.0. The molecule has 1 atom stereocenters. The molecule has 0 aliphatic carbocycles. The Labute approximate surface area is 57.8 Å². The Morgan fingerprint density at radius 1 is 1.11 bits per heavy atom. The molecule has 0 radical (unpaired) electrons. The average molecular weight is 127 g/mol. The molecule has 1 unspecified atom stereocenters. The molecule has 1 nitrogen and oxygen atoms in total. The zero-order valence-corrected chi connectivity index (χ0v) is 6.32. The molecule has 0 bridgehead atoms. The third-order valence-corrected chi connectivity index (χ3v) is 2.11. The summed E-state index contributed by atoms with van der Waals surface area (Å²) in [5.41, 5.74) is 0. The van der Waals surface area contributed by atoms with Gasteiger partial charge in [-0.15, -0.1) is 0 Å². The average Bonchev–Trinajstić information content (AvgIpc) is 1.79. The van der Waals surface area contributed by atoms with Crippen LogP contribution in [0.25, 0.3) is 0 Å². The minimum atomic E-state index is 0.956. The zero-order valence-electron chi connectivity index (χ0n) is 6.32. The van der Waals surface area contributed by atoms with Gasteiger partial charge in [0.25, 0.3) is 0 Å². The predicted octanol–water partition coefficient (Wildman–Crippen LogP) is 1.79. The van der Waals surface area contributed by atoms with E-state index < -0.39 is 0 Å². The Kier molecular flexibility index (Phi) is 3.05. The summed E-state index contributed by atoms with van der Waals surface area (Å²) in [6.07, 6.45) is 5.63. The topological polar surface area (TPSA) is 12.0 Å². The van der Waals surface area contributed by atoms with E-state index in [0.717, 1.165) is 5.92 Å². The molecule has 1 heteroatoms. The molecule has 1 heterocycles. The number of nitrogens with one attached hydrogen (secondary N) is 1. The molecule has 1 saturated heterocycles. The number of rotatable bonds is 0. The zero-order chi connectivity index (χ0) is 6.53. The fraction of sp³-hybridized carbons (Fsp3) is 1.00. The Hall–Kier alpha value is -0.0400. The van der Waals surface area contributed by atoms with E-state index in [1.807, 2.05) is 0 Å². The van der Waals surface area contributed by atoms with Crippen LogP contribution in [0.5, 0.6) is 0 Å². The van der Waals surface area contributed by atoms with Crippen LogP contribution in [0.4, 0.5) is 0 Å². The van der Waals surface area contributed by atoms with E-state index >= 15 is 0 Å². The summed E-state index contributed by atoms with van der Waals surface area (Å²) < 4.78 is 0. The third-order valence-electron chi connectivity index (χ3n) is 2.11. The minimum Gasteiger partial charge on any atom is -0.317 e. The molecule has 1 aliphatic heterocycles. The van der Waals surface area contributed by atoms with Gasteiger partial charge in [-0.1, -0.05) is 19.8 Å². The molecule has 1 aliphatic rings. The second-order valence-electron chi connectivity index (χ2n) is 3.14. The maximum absolute atomic E-state index is 3.42. The first kappa shape index (κ1) is 7.07. The largest absolute Gasteiger partial charge is 0.317 e. The molecule has 1 N–H and O–H groups in total. The van der Waals surface area contributed by atoms with Crippen LogP contribution in [0, 0.1) is 5.92 Å². The van der Waals surface area contributed by atoms with Crippen LogP contribution < -0.4 is 5.32 Å². The van der Waals surface area contributed by atoms with Gasteiger partial charge in [-0.2, -0.15) is 0 Å². The Morgan fingerprint density at radius 2 is 2.00 bits per heavy atom. The van der Waals surface area contributed by atoms with E-state index in [4.69, 9.17) is 0 Å². The molecule has 0 saturated carbocycles. The Bertz CT molecular complexity index is 63.0. The van der Waals surface area contributed by atoms with Crippen molar-refractivity contribution in [2.45, 2.75) is 32.6 Å². The Morgan fingerprint density at radius 3 is 2.89 bits per heavy atom. The minimum absolute atomic E-state index is 0.956. The lowest BCUT2D eigenvalue weighted by Crippen LogP contribution is -2.21. The molecular weight excluding hydrogens is 110 g/mol. The molecule has 0 aromatic heterocycles. The first-order valence-electron chi connectivity index (χ1n) is 4.10. The van der Waals surface area contributed by atoms with Crippen molar-refractivity contribution in [3.63, 3.8) is 0 Å². The second-order valence-corrected chi connectivity index (χ2v) is 3.14. The first-order chi connectivity index (χ1) is 4.39. The van der Waals surface area contributed by atoms with Gasteiger partial charge >= 0.3 is 0 Å². The van der Waals surface area contributed by atoms with Crippen LogP contribution in [-0.2, 0) is 0 Å². The van der Waals surface area contributed by atoms with Gasteiger partial charge in [0, 0.05) is 0 Å². The third kappa shape index (κ3) is 2.85. The fourth-order valence-corrected chi connectivity index (χ4v) is 1.36. The van der Waals surface area contributed by atoms with Crippen LogP contribution in [0.15, 0.2) is 0 Å². The highest BCUT2D eigenvalue weighted by Crippen LogP contribution is 2.12. The lowest BCUT2D eigenvalue weighted by Gasteiger charge is -2.15. The lowest BCUT2D eigenvalue weighted by molar-refractivity contribution is 0.415. The fourth-order valence-electron chi connectivity index (χ4n) is 1.36. The van der Waals surface area contributed by atoms with Gasteiger partial charge in [0.05, 0.1) is 0 Å². The summed E-state index contributed by atoms with van der Waals surface area (Å²) in [5, 5.41) is 3.42. The van der Waals surface area contributed by atoms with Gasteiger partial charge in [0.15, 0.2) is 0 Å². The first-order valence-corrected chi connectivity index (χ1v) is 4.10. The van der Waals surface area contributed by atoms with Crippen LogP contribution in [0.1, 0.15) is 32.6 Å². The highest BCUT2D eigenvalue weighted by atomic mass is 14.8. The summed E-state index contributed by atoms with van der Waals surface area (Å²) >= 11 is 0. The predicted molar refractivity (Wildman–Crippen MR) is 40.5 cm³/mol. The summed E-state index contributed by atoms with van der Waals surface area (Å²) in [4.78, 5) is 0. The summed E-state index contributed by atoms with van der Waals surface area (Å²) in [6.45, 7) is 4.83. The van der Waals surface area contributed by atoms with E-state index in [0.29, 0.717) is 0 Å². The molecule has 0 aromatic rings. The molecule has 1 fully saturated rings. The van der Waals surface area contributed by atoms with Crippen molar-refractivity contribution in [3.8, 4) is 0 Å². The van der Waals surface area contributed by atoms with Gasteiger partial charge in [-0.25, -0.2) is 0 Å². The van der Waals surface area contributed by atoms with E-state index in [9.17, 15) is 0 Å². The van der Waals surface area contributed by atoms with Crippen molar-refractivity contribution in [1.82, 2.24) is 5.32 Å². The lowest BCUT2D eigenvalue weighted by atomic mass is 9.99. The molecular formula is C8H17N. The van der Waals surface area contributed by atoms with Crippen molar-refractivity contribution < 1.29 is 0 Å². The van der Waals surface area contributed by atoms with Crippen molar-refractivity contribution in [2.24, 2.45) is 5.92 Å². The van der Waals surface area contributed by atoms with Crippen molar-refractivity contribution in [3.05, 3.63) is 0 Å². The van der Waals surface area contributed by atoms with Crippen LogP contribution in [-0.4, -0.2) is 13.1 Å². The number of hydrogen-bond acceptors (Lipinski definition) is 1. The summed E-state index contributed by atoms with van der Waals surface area (Å²) in [7, 11) is 0. The van der Waals surface area contributed by atoms with E-state index in [2.05, 4.69) is 12.2 Å². The van der Waals surface area contributed by atoms with Crippen molar-refractivity contribution in [1.29, 1.82) is 0 Å². The molecule has 54 valence electrons. The van der Waals surface area contributed by atoms with E-state index in [1.165, 1.54) is 38.8 Å². The van der Waals surface area contributed by atoms with Gasteiger partial charge in [0.2, 0.25) is 0 Å². The number of hydrogen-bond donors (Lipinski definition) is 1. The smallest absolute Gasteiger partial charge is 0.00464 e. The standard InChI is InChI=1S/C8H17N/c1-8-4-2-3-6-9-7-5-8/h8-9H,2-7H2,1H3. The molecule has 0 spiro atoms. The highest BCUT2D eigenvalue weighted by molar-refractivity contribution is 4.60. The summed E-state index contributed by atoms with van der Waals surface area (Å²) in [6, 6.07) is 0. The maximum Gasteiger partial charge on any atom is -0.00464 e. The van der Waals surface area contributed by atoms with Crippen molar-refractivity contribution in [2.75, 3.05) is 13.1 Å². The van der Waals surface area contributed by atoms with Gasteiger partial charge in [-0.05, 0) is 31.8 Å². The highest BCUT2D eigenvalue weighted by Gasteiger charge is 2.03. The second kappa shape index (κ2) is 3.89. The quantitative estimate of drug-likeness (QED) is 0.523. The van der Waals surface area contributed by atoms with Gasteiger partial charge < -0.3 is 5.32 Å².